The van der Waals surface area contributed by atoms with Crippen molar-refractivity contribution in [2.45, 2.75) is 33.9 Å². The number of aryl methyl sites for hydroxylation is 2. The molecule has 0 amide bonds. The van der Waals surface area contributed by atoms with Crippen molar-refractivity contribution < 1.29 is 9.47 Å². The number of benzene rings is 2. The van der Waals surface area contributed by atoms with Crippen LogP contribution >= 0.6 is 28.1 Å². The van der Waals surface area contributed by atoms with Gasteiger partial charge in [-0.2, -0.15) is 5.10 Å². The van der Waals surface area contributed by atoms with Crippen molar-refractivity contribution in [2.75, 3.05) is 12.0 Å². The zero-order chi connectivity index (χ0) is 20.1. The SMILES string of the molecule is CCOc1cc(CNn2c(C)n[nH]c2=S)cc(Br)c1OCc1ccccc1C. The monoisotopic (exact) mass is 462 g/mol. The molecule has 0 bridgehead atoms. The summed E-state index contributed by atoms with van der Waals surface area (Å²) in [5, 5.41) is 6.86. The number of H-pyrrole nitrogens is 1. The van der Waals surface area contributed by atoms with Gasteiger partial charge in [0.1, 0.15) is 12.4 Å². The lowest BCUT2D eigenvalue weighted by atomic mass is 10.1. The highest BCUT2D eigenvalue weighted by molar-refractivity contribution is 9.10. The number of rotatable bonds is 8. The van der Waals surface area contributed by atoms with E-state index in [1.165, 1.54) is 5.56 Å². The molecule has 28 heavy (non-hydrogen) atoms. The van der Waals surface area contributed by atoms with Crippen LogP contribution in [0.1, 0.15) is 29.4 Å². The van der Waals surface area contributed by atoms with E-state index in [9.17, 15) is 0 Å². The fourth-order valence-corrected chi connectivity index (χ4v) is 3.63. The van der Waals surface area contributed by atoms with Crippen LogP contribution in [0.3, 0.4) is 0 Å². The number of aromatic nitrogens is 3. The summed E-state index contributed by atoms with van der Waals surface area (Å²) in [5.74, 6) is 2.17. The second-order valence-corrected chi connectivity index (χ2v) is 7.54. The molecule has 2 aromatic carbocycles. The van der Waals surface area contributed by atoms with Crippen LogP contribution in [0.5, 0.6) is 11.5 Å². The summed E-state index contributed by atoms with van der Waals surface area (Å²) in [4.78, 5) is 0. The zero-order valence-electron chi connectivity index (χ0n) is 16.1. The smallest absolute Gasteiger partial charge is 0.214 e. The van der Waals surface area contributed by atoms with Crippen molar-refractivity contribution in [2.24, 2.45) is 0 Å². The van der Waals surface area contributed by atoms with Crippen molar-refractivity contribution >= 4 is 28.1 Å². The second kappa shape index (κ2) is 9.25. The molecule has 0 aliphatic carbocycles. The van der Waals surface area contributed by atoms with E-state index in [4.69, 9.17) is 21.7 Å². The fourth-order valence-electron chi connectivity index (χ4n) is 2.78. The Morgan fingerprint density at radius 2 is 2.00 bits per heavy atom. The molecule has 1 heterocycles. The first-order valence-corrected chi connectivity index (χ1v) is 10.2. The van der Waals surface area contributed by atoms with Crippen molar-refractivity contribution in [3.63, 3.8) is 0 Å². The van der Waals surface area contributed by atoms with E-state index in [2.05, 4.69) is 50.6 Å². The first-order valence-electron chi connectivity index (χ1n) is 9.00. The van der Waals surface area contributed by atoms with Gasteiger partial charge in [-0.05, 0) is 77.7 Å². The van der Waals surface area contributed by atoms with Gasteiger partial charge in [-0.1, -0.05) is 24.3 Å². The molecule has 0 saturated carbocycles. The van der Waals surface area contributed by atoms with Gasteiger partial charge in [0.25, 0.3) is 0 Å². The predicted octanol–water partition coefficient (Wildman–Crippen LogP) is 5.04. The van der Waals surface area contributed by atoms with Crippen LogP contribution in [0.25, 0.3) is 0 Å². The van der Waals surface area contributed by atoms with Gasteiger partial charge < -0.3 is 14.9 Å². The highest BCUT2D eigenvalue weighted by Crippen LogP contribution is 2.37. The van der Waals surface area contributed by atoms with Crippen LogP contribution in [0.2, 0.25) is 0 Å². The zero-order valence-corrected chi connectivity index (χ0v) is 18.5. The molecule has 2 N–H and O–H groups in total. The molecule has 0 spiro atoms. The van der Waals surface area contributed by atoms with Gasteiger partial charge in [-0.3, -0.25) is 5.10 Å². The van der Waals surface area contributed by atoms with E-state index < -0.39 is 0 Å². The van der Waals surface area contributed by atoms with E-state index in [0.717, 1.165) is 21.4 Å². The Bertz CT molecular complexity index is 1020. The topological polar surface area (TPSA) is 64.1 Å². The van der Waals surface area contributed by atoms with Crippen LogP contribution < -0.4 is 14.9 Å². The minimum atomic E-state index is 0.478. The molecular formula is C20H23BrN4O2S. The van der Waals surface area contributed by atoms with Gasteiger partial charge in [-0.15, -0.1) is 0 Å². The third-order valence-electron chi connectivity index (χ3n) is 4.28. The highest BCUT2D eigenvalue weighted by Gasteiger charge is 2.13. The molecule has 0 fully saturated rings. The molecular weight excluding hydrogens is 440 g/mol. The average Bonchev–Trinajstić information content (AvgIpc) is 2.99. The number of nitrogens with one attached hydrogen (secondary N) is 2. The molecule has 0 aliphatic heterocycles. The summed E-state index contributed by atoms with van der Waals surface area (Å²) in [7, 11) is 0. The fraction of sp³-hybridized carbons (Fsp3) is 0.300. The van der Waals surface area contributed by atoms with Crippen molar-refractivity contribution in [1.29, 1.82) is 0 Å². The molecule has 1 aromatic heterocycles. The lowest BCUT2D eigenvalue weighted by Gasteiger charge is -2.17. The Balaban J connectivity index is 1.79. The number of hydrogen-bond acceptors (Lipinski definition) is 5. The van der Waals surface area contributed by atoms with E-state index in [-0.39, 0.29) is 0 Å². The molecule has 0 saturated heterocycles. The van der Waals surface area contributed by atoms with Gasteiger partial charge >= 0.3 is 0 Å². The van der Waals surface area contributed by atoms with Gasteiger partial charge in [0.2, 0.25) is 4.77 Å². The van der Waals surface area contributed by atoms with E-state index in [0.29, 0.717) is 36.0 Å². The first kappa shape index (κ1) is 20.4. The van der Waals surface area contributed by atoms with Crippen LogP contribution in [-0.2, 0) is 13.2 Å². The standard InChI is InChI=1S/C20H23BrN4O2S/c1-4-26-18-10-15(11-22-25-14(3)23-24-20(25)28)9-17(21)19(18)27-12-16-8-6-5-7-13(16)2/h5-10,22H,4,11-12H2,1-3H3,(H,24,28). The molecule has 0 aliphatic rings. The predicted molar refractivity (Wildman–Crippen MR) is 116 cm³/mol. The lowest BCUT2D eigenvalue weighted by Crippen LogP contribution is -2.16. The highest BCUT2D eigenvalue weighted by atomic mass is 79.9. The quantitative estimate of drug-likeness (QED) is 0.459. The van der Waals surface area contributed by atoms with Crippen LogP contribution in [0.4, 0.5) is 0 Å². The molecule has 0 atom stereocenters. The van der Waals surface area contributed by atoms with Crippen LogP contribution in [-0.4, -0.2) is 21.5 Å². The first-order chi connectivity index (χ1) is 13.5. The average molecular weight is 463 g/mol. The lowest BCUT2D eigenvalue weighted by molar-refractivity contribution is 0.267. The van der Waals surface area contributed by atoms with Gasteiger partial charge in [0.05, 0.1) is 17.6 Å². The summed E-state index contributed by atoms with van der Waals surface area (Å²) >= 11 is 8.85. The van der Waals surface area contributed by atoms with Gasteiger partial charge in [0, 0.05) is 0 Å². The minimum Gasteiger partial charge on any atom is -0.490 e. The molecule has 3 rings (SSSR count). The maximum atomic E-state index is 6.10. The Hall–Kier alpha value is -2.32. The third-order valence-corrected chi connectivity index (χ3v) is 5.15. The van der Waals surface area contributed by atoms with E-state index >= 15 is 0 Å². The van der Waals surface area contributed by atoms with Gasteiger partial charge in [-0.25, -0.2) is 4.68 Å². The Morgan fingerprint density at radius 3 is 2.68 bits per heavy atom. The molecule has 0 radical (unpaired) electrons. The van der Waals surface area contributed by atoms with E-state index in [1.54, 1.807) is 4.68 Å². The Morgan fingerprint density at radius 1 is 1.21 bits per heavy atom. The maximum absolute atomic E-state index is 6.10. The number of ether oxygens (including phenoxy) is 2. The molecule has 8 heteroatoms. The van der Waals surface area contributed by atoms with Gasteiger partial charge in [0.15, 0.2) is 11.5 Å². The summed E-state index contributed by atoms with van der Waals surface area (Å²) in [6.45, 7) is 7.50. The van der Waals surface area contributed by atoms with Crippen LogP contribution in [0.15, 0.2) is 40.9 Å². The minimum absolute atomic E-state index is 0.478. The number of hydrogen-bond donors (Lipinski definition) is 2. The summed E-state index contributed by atoms with van der Waals surface area (Å²) in [6.07, 6.45) is 0. The number of halogens is 1. The third kappa shape index (κ3) is 4.74. The largest absolute Gasteiger partial charge is 0.490 e. The summed E-state index contributed by atoms with van der Waals surface area (Å²) in [5.41, 5.74) is 6.63. The summed E-state index contributed by atoms with van der Waals surface area (Å²) in [6, 6.07) is 12.2. The number of aromatic amines is 1. The van der Waals surface area contributed by atoms with Crippen molar-refractivity contribution in [1.82, 2.24) is 14.9 Å². The molecule has 148 valence electrons. The normalized spacial score (nSPS) is 10.7. The van der Waals surface area contributed by atoms with E-state index in [1.807, 2.05) is 38.1 Å². The molecule has 3 aromatic rings. The molecule has 6 nitrogen and oxygen atoms in total. The Labute approximate surface area is 178 Å². The van der Waals surface area contributed by atoms with Crippen LogP contribution in [0, 0.1) is 18.6 Å². The number of nitrogens with zero attached hydrogens (tertiary/aromatic N) is 2. The second-order valence-electron chi connectivity index (χ2n) is 6.30. The maximum Gasteiger partial charge on any atom is 0.214 e. The van der Waals surface area contributed by atoms with Crippen molar-refractivity contribution in [3.8, 4) is 11.5 Å². The Kier molecular flexibility index (Phi) is 6.74. The van der Waals surface area contributed by atoms with Crippen molar-refractivity contribution in [3.05, 3.63) is 68.2 Å². The summed E-state index contributed by atoms with van der Waals surface area (Å²) < 4.78 is 15.0. The molecule has 0 unspecified atom stereocenters.